The van der Waals surface area contributed by atoms with Gasteiger partial charge in [0.25, 0.3) is 0 Å². The molecule has 0 saturated carbocycles. The molecule has 2 rings (SSSR count). The molecule has 9 heteroatoms. The first kappa shape index (κ1) is 19.1. The molecule has 0 unspecified atom stereocenters. The van der Waals surface area contributed by atoms with E-state index in [2.05, 4.69) is 4.74 Å². The number of benzene rings is 2. The summed E-state index contributed by atoms with van der Waals surface area (Å²) in [7, 11) is 0. The van der Waals surface area contributed by atoms with Gasteiger partial charge >= 0.3 is 6.36 Å². The van der Waals surface area contributed by atoms with Crippen molar-refractivity contribution in [2.45, 2.75) is 12.4 Å². The molecule has 0 saturated heterocycles. The van der Waals surface area contributed by atoms with Gasteiger partial charge < -0.3 is 10.5 Å². The van der Waals surface area contributed by atoms with Crippen LogP contribution in [0.15, 0.2) is 36.4 Å². The van der Waals surface area contributed by atoms with Crippen molar-refractivity contribution >= 4 is 12.4 Å². The summed E-state index contributed by atoms with van der Waals surface area (Å²) in [6.07, 6.45) is -4.85. The Morgan fingerprint density at radius 1 is 0.913 bits per heavy atom. The topological polar surface area (TPSA) is 35.2 Å². The van der Waals surface area contributed by atoms with Gasteiger partial charge in [0, 0.05) is 17.7 Å². The van der Waals surface area contributed by atoms with Gasteiger partial charge in [-0.3, -0.25) is 0 Å². The van der Waals surface area contributed by atoms with E-state index in [1.54, 1.807) is 0 Å². The summed E-state index contributed by atoms with van der Waals surface area (Å²) in [6, 6.07) is 3.82. The molecular formula is C14H10ClF6NO. The molecule has 0 radical (unpaired) electrons. The second-order valence-corrected chi connectivity index (χ2v) is 4.38. The van der Waals surface area contributed by atoms with E-state index in [0.29, 0.717) is 12.1 Å². The van der Waals surface area contributed by atoms with Crippen molar-refractivity contribution in [1.29, 1.82) is 0 Å². The van der Waals surface area contributed by atoms with E-state index in [1.165, 1.54) is 0 Å². The molecule has 0 spiro atoms. The maximum atomic E-state index is 13.6. The first-order chi connectivity index (χ1) is 10.2. The van der Waals surface area contributed by atoms with Gasteiger partial charge in [0.1, 0.15) is 23.2 Å². The van der Waals surface area contributed by atoms with Crippen LogP contribution in [0.25, 0.3) is 0 Å². The minimum absolute atomic E-state index is 0. The minimum atomic E-state index is -4.85. The van der Waals surface area contributed by atoms with Crippen molar-refractivity contribution in [2.24, 2.45) is 5.73 Å². The molecule has 0 fully saturated rings. The molecule has 0 heterocycles. The molecule has 0 bridgehead atoms. The zero-order valence-electron chi connectivity index (χ0n) is 11.2. The first-order valence-electron chi connectivity index (χ1n) is 5.93. The monoisotopic (exact) mass is 357 g/mol. The number of ether oxygens (including phenoxy) is 1. The van der Waals surface area contributed by atoms with Crippen LogP contribution < -0.4 is 10.5 Å². The smallest absolute Gasteiger partial charge is 0.406 e. The van der Waals surface area contributed by atoms with Crippen LogP contribution in [0.4, 0.5) is 26.3 Å². The van der Waals surface area contributed by atoms with Crippen molar-refractivity contribution in [3.63, 3.8) is 0 Å². The third-order valence-corrected chi connectivity index (χ3v) is 2.83. The van der Waals surface area contributed by atoms with Crippen molar-refractivity contribution in [3.8, 4) is 5.75 Å². The highest BCUT2D eigenvalue weighted by atomic mass is 35.5. The van der Waals surface area contributed by atoms with Gasteiger partial charge in [-0.15, -0.1) is 25.6 Å². The van der Waals surface area contributed by atoms with Crippen LogP contribution in [0.1, 0.15) is 17.2 Å². The van der Waals surface area contributed by atoms with Crippen molar-refractivity contribution < 1.29 is 31.1 Å². The molecule has 0 amide bonds. The van der Waals surface area contributed by atoms with Gasteiger partial charge in [-0.1, -0.05) is 12.1 Å². The Bertz CT molecular complexity index is 651. The van der Waals surface area contributed by atoms with E-state index in [9.17, 15) is 26.3 Å². The van der Waals surface area contributed by atoms with Gasteiger partial charge in [0.2, 0.25) is 0 Å². The molecule has 2 nitrogen and oxygen atoms in total. The Labute approximate surface area is 133 Å². The molecule has 126 valence electrons. The second kappa shape index (κ2) is 7.10. The Balaban J connectivity index is 0.00000264. The molecule has 2 aromatic rings. The van der Waals surface area contributed by atoms with Gasteiger partial charge in [0.15, 0.2) is 0 Å². The van der Waals surface area contributed by atoms with E-state index in [-0.39, 0.29) is 18.0 Å². The highest BCUT2D eigenvalue weighted by Crippen LogP contribution is 2.28. The number of hydrogen-bond donors (Lipinski definition) is 1. The predicted molar refractivity (Wildman–Crippen MR) is 72.7 cm³/mol. The maximum Gasteiger partial charge on any atom is 0.573 e. The van der Waals surface area contributed by atoms with E-state index in [4.69, 9.17) is 5.73 Å². The molecule has 0 aliphatic heterocycles. The number of halogens is 7. The number of hydrogen-bond acceptors (Lipinski definition) is 2. The fourth-order valence-electron chi connectivity index (χ4n) is 1.89. The van der Waals surface area contributed by atoms with Crippen LogP contribution in [0.3, 0.4) is 0 Å². The standard InChI is InChI=1S/C14H9F6NO.ClH/c15-8-5-10(16)12(11(17)6-8)13(21)7-1-3-9(4-2-7)22-14(18,19)20;/h1-6,13H,21H2;1H/t13-;/m0./s1. The summed E-state index contributed by atoms with van der Waals surface area (Å²) in [6.45, 7) is 0. The molecule has 0 aromatic heterocycles. The quantitative estimate of drug-likeness (QED) is 0.822. The lowest BCUT2D eigenvalue weighted by Crippen LogP contribution is -2.18. The lowest BCUT2D eigenvalue weighted by atomic mass is 9.98. The van der Waals surface area contributed by atoms with E-state index in [0.717, 1.165) is 24.3 Å². The lowest BCUT2D eigenvalue weighted by Gasteiger charge is -2.15. The Kier molecular flexibility index (Phi) is 5.90. The Morgan fingerprint density at radius 2 is 1.39 bits per heavy atom. The fraction of sp³-hybridized carbons (Fsp3) is 0.143. The summed E-state index contributed by atoms with van der Waals surface area (Å²) in [4.78, 5) is 0. The molecule has 2 N–H and O–H groups in total. The van der Waals surface area contributed by atoms with Crippen molar-refractivity contribution in [1.82, 2.24) is 0 Å². The third-order valence-electron chi connectivity index (χ3n) is 2.83. The molecule has 1 atom stereocenters. The van der Waals surface area contributed by atoms with Gasteiger partial charge in [-0.2, -0.15) is 0 Å². The predicted octanol–water partition coefficient (Wildman–Crippen LogP) is 4.47. The van der Waals surface area contributed by atoms with Gasteiger partial charge in [-0.05, 0) is 17.7 Å². The maximum absolute atomic E-state index is 13.6. The summed E-state index contributed by atoms with van der Waals surface area (Å²) in [5, 5.41) is 0. The summed E-state index contributed by atoms with van der Waals surface area (Å²) >= 11 is 0. The average Bonchev–Trinajstić information content (AvgIpc) is 2.36. The van der Waals surface area contributed by atoms with Gasteiger partial charge in [-0.25, -0.2) is 13.2 Å². The van der Waals surface area contributed by atoms with Crippen molar-refractivity contribution in [3.05, 3.63) is 65.0 Å². The molecule has 0 aliphatic carbocycles. The average molecular weight is 358 g/mol. The minimum Gasteiger partial charge on any atom is -0.406 e. The number of rotatable bonds is 3. The zero-order valence-corrected chi connectivity index (χ0v) is 12.0. The number of nitrogens with two attached hydrogens (primary N) is 1. The molecule has 23 heavy (non-hydrogen) atoms. The van der Waals surface area contributed by atoms with E-state index >= 15 is 0 Å². The lowest BCUT2D eigenvalue weighted by molar-refractivity contribution is -0.274. The molecular weight excluding hydrogens is 348 g/mol. The van der Waals surface area contributed by atoms with Gasteiger partial charge in [0.05, 0.1) is 6.04 Å². The Morgan fingerprint density at radius 3 is 1.83 bits per heavy atom. The van der Waals surface area contributed by atoms with E-state index in [1.807, 2.05) is 0 Å². The van der Waals surface area contributed by atoms with E-state index < -0.39 is 41.2 Å². The molecule has 2 aromatic carbocycles. The molecule has 0 aliphatic rings. The SMILES string of the molecule is Cl.N[C@@H](c1ccc(OC(F)(F)F)cc1)c1c(F)cc(F)cc1F. The highest BCUT2D eigenvalue weighted by Gasteiger charge is 2.31. The van der Waals surface area contributed by atoms with Crippen LogP contribution in [0.2, 0.25) is 0 Å². The van der Waals surface area contributed by atoms with Crippen LogP contribution in [-0.4, -0.2) is 6.36 Å². The fourth-order valence-corrected chi connectivity index (χ4v) is 1.89. The zero-order chi connectivity index (χ0) is 16.5. The van der Waals surface area contributed by atoms with Crippen molar-refractivity contribution in [2.75, 3.05) is 0 Å². The first-order valence-corrected chi connectivity index (χ1v) is 5.93. The van der Waals surface area contributed by atoms with Crippen LogP contribution in [0.5, 0.6) is 5.75 Å². The third kappa shape index (κ3) is 4.77. The summed E-state index contributed by atoms with van der Waals surface area (Å²) in [5.41, 5.74) is 5.24. The van der Waals surface area contributed by atoms with Crippen LogP contribution >= 0.6 is 12.4 Å². The Hall–Kier alpha value is -1.93. The summed E-state index contributed by atoms with van der Waals surface area (Å²) in [5.74, 6) is -3.95. The normalized spacial score (nSPS) is 12.5. The van der Waals surface area contributed by atoms with Crippen LogP contribution in [-0.2, 0) is 0 Å². The second-order valence-electron chi connectivity index (χ2n) is 4.38. The highest BCUT2D eigenvalue weighted by molar-refractivity contribution is 5.85. The number of alkyl halides is 3. The van der Waals surface area contributed by atoms with Crippen LogP contribution in [0, 0.1) is 17.5 Å². The summed E-state index contributed by atoms with van der Waals surface area (Å²) < 4.78 is 79.8. The largest absolute Gasteiger partial charge is 0.573 e.